The quantitative estimate of drug-likeness (QED) is 0.710. The number of rotatable bonds is 6. The first kappa shape index (κ1) is 18.1. The first-order valence-corrected chi connectivity index (χ1v) is 9.54. The zero-order chi connectivity index (χ0) is 19.2. The van der Waals surface area contributed by atoms with Crippen LogP contribution in [0.4, 0.5) is 0 Å². The largest absolute Gasteiger partial charge is 0.474 e. The normalized spacial score (nSPS) is 14.0. The van der Waals surface area contributed by atoms with E-state index >= 15 is 0 Å². The standard InChI is InChI=1S/C22H22N4O2/c27-22(18-8-10-21(25-15-18)28-19-5-1-2-6-19)26-13-16-7-9-20(24-12-16)17-4-3-11-23-14-17/h3-4,7-12,14-15,19H,1-2,5-6,13H2,(H,26,27). The Morgan fingerprint density at radius 2 is 1.93 bits per heavy atom. The summed E-state index contributed by atoms with van der Waals surface area (Å²) >= 11 is 0. The first-order valence-electron chi connectivity index (χ1n) is 9.54. The van der Waals surface area contributed by atoms with Crippen LogP contribution in [0.25, 0.3) is 11.3 Å². The maximum Gasteiger partial charge on any atom is 0.253 e. The van der Waals surface area contributed by atoms with Gasteiger partial charge in [-0.3, -0.25) is 14.8 Å². The predicted molar refractivity (Wildman–Crippen MR) is 106 cm³/mol. The molecule has 3 aromatic rings. The van der Waals surface area contributed by atoms with Crippen molar-refractivity contribution >= 4 is 5.91 Å². The lowest BCUT2D eigenvalue weighted by Gasteiger charge is -2.12. The highest BCUT2D eigenvalue weighted by molar-refractivity contribution is 5.93. The van der Waals surface area contributed by atoms with Crippen molar-refractivity contribution in [2.45, 2.75) is 38.3 Å². The summed E-state index contributed by atoms with van der Waals surface area (Å²) in [6.07, 6.45) is 11.7. The molecule has 1 saturated carbocycles. The van der Waals surface area contributed by atoms with E-state index in [0.29, 0.717) is 18.0 Å². The molecule has 1 aliphatic carbocycles. The van der Waals surface area contributed by atoms with Crippen LogP contribution in [0.2, 0.25) is 0 Å². The second-order valence-electron chi connectivity index (χ2n) is 6.89. The van der Waals surface area contributed by atoms with Gasteiger partial charge in [0.2, 0.25) is 5.88 Å². The van der Waals surface area contributed by atoms with Gasteiger partial charge < -0.3 is 10.1 Å². The van der Waals surface area contributed by atoms with Crippen molar-refractivity contribution in [2.24, 2.45) is 0 Å². The third-order valence-corrected chi connectivity index (χ3v) is 4.82. The van der Waals surface area contributed by atoms with E-state index in [1.165, 1.54) is 12.8 Å². The molecule has 142 valence electrons. The molecule has 6 heteroatoms. The number of carbonyl (C=O) groups excluding carboxylic acids is 1. The Morgan fingerprint density at radius 1 is 1.04 bits per heavy atom. The molecular weight excluding hydrogens is 352 g/mol. The first-order chi connectivity index (χ1) is 13.8. The average Bonchev–Trinajstić information content (AvgIpc) is 3.27. The van der Waals surface area contributed by atoms with E-state index in [9.17, 15) is 4.79 Å². The van der Waals surface area contributed by atoms with Gasteiger partial charge in [-0.05, 0) is 55.5 Å². The summed E-state index contributed by atoms with van der Waals surface area (Å²) in [5, 5.41) is 2.89. The highest BCUT2D eigenvalue weighted by atomic mass is 16.5. The molecule has 28 heavy (non-hydrogen) atoms. The van der Waals surface area contributed by atoms with Crippen LogP contribution in [0.15, 0.2) is 61.2 Å². The van der Waals surface area contributed by atoms with Gasteiger partial charge in [-0.2, -0.15) is 0 Å². The number of ether oxygens (including phenoxy) is 1. The fraction of sp³-hybridized carbons (Fsp3) is 0.273. The maximum atomic E-state index is 12.3. The number of hydrogen-bond acceptors (Lipinski definition) is 5. The van der Waals surface area contributed by atoms with Gasteiger partial charge in [0, 0.05) is 43.0 Å². The van der Waals surface area contributed by atoms with E-state index in [4.69, 9.17) is 4.74 Å². The molecule has 0 spiro atoms. The Morgan fingerprint density at radius 3 is 2.61 bits per heavy atom. The monoisotopic (exact) mass is 374 g/mol. The molecule has 0 aromatic carbocycles. The SMILES string of the molecule is O=C(NCc1ccc(-c2cccnc2)nc1)c1ccc(OC2CCCC2)nc1. The van der Waals surface area contributed by atoms with Crippen LogP contribution >= 0.6 is 0 Å². The summed E-state index contributed by atoms with van der Waals surface area (Å²) in [6, 6.07) is 11.2. The van der Waals surface area contributed by atoms with Crippen molar-refractivity contribution in [3.63, 3.8) is 0 Å². The summed E-state index contributed by atoms with van der Waals surface area (Å²) in [5.41, 5.74) is 3.25. The lowest BCUT2D eigenvalue weighted by atomic mass is 10.1. The minimum Gasteiger partial charge on any atom is -0.474 e. The number of carbonyl (C=O) groups is 1. The number of aromatic nitrogens is 3. The second-order valence-corrected chi connectivity index (χ2v) is 6.89. The van der Waals surface area contributed by atoms with E-state index in [-0.39, 0.29) is 12.0 Å². The van der Waals surface area contributed by atoms with Crippen LogP contribution in [0.3, 0.4) is 0 Å². The Kier molecular flexibility index (Phi) is 5.56. The molecule has 3 aromatic heterocycles. The Bertz CT molecular complexity index is 906. The number of hydrogen-bond donors (Lipinski definition) is 1. The van der Waals surface area contributed by atoms with Crippen molar-refractivity contribution in [3.8, 4) is 17.1 Å². The Labute approximate surface area is 164 Å². The molecule has 0 aliphatic heterocycles. The second kappa shape index (κ2) is 8.61. The molecule has 1 N–H and O–H groups in total. The van der Waals surface area contributed by atoms with Crippen LogP contribution in [0.1, 0.15) is 41.6 Å². The molecular formula is C22H22N4O2. The minimum absolute atomic E-state index is 0.170. The molecule has 0 atom stereocenters. The van der Waals surface area contributed by atoms with E-state index in [1.54, 1.807) is 36.9 Å². The van der Waals surface area contributed by atoms with Gasteiger partial charge in [0.15, 0.2) is 0 Å². The van der Waals surface area contributed by atoms with Gasteiger partial charge in [0.1, 0.15) is 6.10 Å². The minimum atomic E-state index is -0.170. The zero-order valence-corrected chi connectivity index (χ0v) is 15.5. The van der Waals surface area contributed by atoms with Crippen molar-refractivity contribution < 1.29 is 9.53 Å². The summed E-state index contributed by atoms with van der Waals surface area (Å²) < 4.78 is 5.83. The molecule has 0 unspecified atom stereocenters. The van der Waals surface area contributed by atoms with Gasteiger partial charge in [-0.1, -0.05) is 6.07 Å². The van der Waals surface area contributed by atoms with Crippen LogP contribution in [0.5, 0.6) is 5.88 Å². The third-order valence-electron chi connectivity index (χ3n) is 4.82. The molecule has 0 saturated heterocycles. The van der Waals surface area contributed by atoms with Crippen LogP contribution in [-0.4, -0.2) is 27.0 Å². The molecule has 6 nitrogen and oxygen atoms in total. The van der Waals surface area contributed by atoms with Crippen molar-refractivity contribution in [1.82, 2.24) is 20.3 Å². The highest BCUT2D eigenvalue weighted by Crippen LogP contribution is 2.23. The topological polar surface area (TPSA) is 77.0 Å². The van der Waals surface area contributed by atoms with E-state index in [0.717, 1.165) is 29.7 Å². The Hall–Kier alpha value is -3.28. The lowest BCUT2D eigenvalue weighted by molar-refractivity contribution is 0.0950. The van der Waals surface area contributed by atoms with Crippen LogP contribution in [0, 0.1) is 0 Å². The number of amides is 1. The summed E-state index contributed by atoms with van der Waals surface area (Å²) in [4.78, 5) is 25.1. The predicted octanol–water partition coefficient (Wildman–Crippen LogP) is 3.79. The third kappa shape index (κ3) is 4.52. The molecule has 1 amide bonds. The number of pyridine rings is 3. The summed E-state index contributed by atoms with van der Waals surface area (Å²) in [7, 11) is 0. The molecule has 0 radical (unpaired) electrons. The van der Waals surface area contributed by atoms with Crippen LogP contribution in [-0.2, 0) is 6.54 Å². The van der Waals surface area contributed by atoms with E-state index in [1.807, 2.05) is 24.3 Å². The average molecular weight is 374 g/mol. The van der Waals surface area contributed by atoms with Gasteiger partial charge in [-0.25, -0.2) is 4.98 Å². The molecule has 4 rings (SSSR count). The van der Waals surface area contributed by atoms with E-state index < -0.39 is 0 Å². The van der Waals surface area contributed by atoms with Crippen molar-refractivity contribution in [1.29, 1.82) is 0 Å². The fourth-order valence-corrected chi connectivity index (χ4v) is 3.26. The van der Waals surface area contributed by atoms with Crippen molar-refractivity contribution in [3.05, 3.63) is 72.3 Å². The number of nitrogens with zero attached hydrogens (tertiary/aromatic N) is 3. The van der Waals surface area contributed by atoms with Crippen molar-refractivity contribution in [2.75, 3.05) is 0 Å². The fourth-order valence-electron chi connectivity index (χ4n) is 3.26. The molecule has 3 heterocycles. The Balaban J connectivity index is 1.31. The van der Waals surface area contributed by atoms with Gasteiger partial charge >= 0.3 is 0 Å². The maximum absolute atomic E-state index is 12.3. The lowest BCUT2D eigenvalue weighted by Crippen LogP contribution is -2.23. The molecule has 0 bridgehead atoms. The zero-order valence-electron chi connectivity index (χ0n) is 15.5. The van der Waals surface area contributed by atoms with Gasteiger partial charge in [-0.15, -0.1) is 0 Å². The summed E-state index contributed by atoms with van der Waals surface area (Å²) in [5.74, 6) is 0.412. The molecule has 1 fully saturated rings. The number of nitrogens with one attached hydrogen (secondary N) is 1. The highest BCUT2D eigenvalue weighted by Gasteiger charge is 2.17. The van der Waals surface area contributed by atoms with Gasteiger partial charge in [0.25, 0.3) is 5.91 Å². The molecule has 1 aliphatic rings. The summed E-state index contributed by atoms with van der Waals surface area (Å²) in [6.45, 7) is 0.402. The van der Waals surface area contributed by atoms with Gasteiger partial charge in [0.05, 0.1) is 11.3 Å². The van der Waals surface area contributed by atoms with E-state index in [2.05, 4.69) is 20.3 Å². The van der Waals surface area contributed by atoms with Crippen LogP contribution < -0.4 is 10.1 Å². The smallest absolute Gasteiger partial charge is 0.253 e.